The maximum absolute atomic E-state index is 12.6. The van der Waals surface area contributed by atoms with Crippen LogP contribution in [0.4, 0.5) is 5.69 Å². The number of thioether (sulfide) groups is 1. The highest BCUT2D eigenvalue weighted by Crippen LogP contribution is 2.24. The number of aryl methyl sites for hydroxylation is 1. The number of H-pyrrole nitrogens is 1. The van der Waals surface area contributed by atoms with Crippen molar-refractivity contribution in [2.24, 2.45) is 0 Å². The van der Waals surface area contributed by atoms with E-state index >= 15 is 0 Å². The predicted octanol–water partition coefficient (Wildman–Crippen LogP) is 3.45. The Morgan fingerprint density at radius 2 is 1.89 bits per heavy atom. The number of rotatable bonds is 6. The molecule has 0 unspecified atom stereocenters. The highest BCUT2D eigenvalue weighted by molar-refractivity contribution is 8.00. The SMILES string of the molecule is Cc1ccc(NC(=O)CN(C)C(=O)[C@@H](C)Sc2nc3ccccc3[nH]2)cc1. The quantitative estimate of drug-likeness (QED) is 0.640. The van der Waals surface area contributed by atoms with Gasteiger partial charge in [-0.1, -0.05) is 41.6 Å². The molecule has 2 aromatic carbocycles. The lowest BCUT2D eigenvalue weighted by Gasteiger charge is -2.20. The van der Waals surface area contributed by atoms with Gasteiger partial charge < -0.3 is 15.2 Å². The van der Waals surface area contributed by atoms with Crippen molar-refractivity contribution in [2.45, 2.75) is 24.3 Å². The second-order valence-corrected chi connectivity index (χ2v) is 7.76. The number of anilines is 1. The lowest BCUT2D eigenvalue weighted by Crippen LogP contribution is -2.38. The number of nitrogens with one attached hydrogen (secondary N) is 2. The van der Waals surface area contributed by atoms with Crippen LogP contribution in [0.3, 0.4) is 0 Å². The number of fused-ring (bicyclic) bond motifs is 1. The van der Waals surface area contributed by atoms with Crippen LogP contribution in [0.1, 0.15) is 12.5 Å². The number of aromatic amines is 1. The van der Waals surface area contributed by atoms with Crippen molar-refractivity contribution in [1.29, 1.82) is 0 Å². The summed E-state index contributed by atoms with van der Waals surface area (Å²) >= 11 is 1.35. The van der Waals surface area contributed by atoms with E-state index in [9.17, 15) is 9.59 Å². The van der Waals surface area contributed by atoms with Gasteiger partial charge in [0.15, 0.2) is 5.16 Å². The van der Waals surface area contributed by atoms with E-state index in [0.29, 0.717) is 5.16 Å². The van der Waals surface area contributed by atoms with E-state index in [-0.39, 0.29) is 23.6 Å². The van der Waals surface area contributed by atoms with Crippen LogP contribution in [0.5, 0.6) is 0 Å². The van der Waals surface area contributed by atoms with Gasteiger partial charge in [0.2, 0.25) is 11.8 Å². The van der Waals surface area contributed by atoms with Crippen LogP contribution in [0, 0.1) is 6.92 Å². The molecular weight excluding hydrogens is 360 g/mol. The van der Waals surface area contributed by atoms with Crippen LogP contribution >= 0.6 is 11.8 Å². The normalized spacial score (nSPS) is 12.0. The zero-order valence-corrected chi connectivity index (χ0v) is 16.3. The van der Waals surface area contributed by atoms with Gasteiger partial charge in [0.1, 0.15) is 0 Å². The third-order valence-electron chi connectivity index (χ3n) is 4.10. The van der Waals surface area contributed by atoms with Crippen molar-refractivity contribution in [3.05, 3.63) is 54.1 Å². The van der Waals surface area contributed by atoms with Crippen LogP contribution in [0.2, 0.25) is 0 Å². The molecule has 1 aromatic heterocycles. The average Bonchev–Trinajstić information content (AvgIpc) is 3.05. The van der Waals surface area contributed by atoms with Crippen LogP contribution < -0.4 is 5.32 Å². The molecule has 0 bridgehead atoms. The van der Waals surface area contributed by atoms with Gasteiger partial charge in [-0.3, -0.25) is 9.59 Å². The van der Waals surface area contributed by atoms with Crippen molar-refractivity contribution >= 4 is 40.3 Å². The first kappa shape index (κ1) is 19.0. The largest absolute Gasteiger partial charge is 0.335 e. The molecule has 7 heteroatoms. The number of para-hydroxylation sites is 2. The van der Waals surface area contributed by atoms with Gasteiger partial charge in [0, 0.05) is 12.7 Å². The fourth-order valence-electron chi connectivity index (χ4n) is 2.64. The molecule has 2 N–H and O–H groups in total. The molecule has 0 spiro atoms. The van der Waals surface area contributed by atoms with Crippen LogP contribution in [0.15, 0.2) is 53.7 Å². The molecule has 0 aliphatic rings. The molecule has 3 aromatic rings. The third-order valence-corrected chi connectivity index (χ3v) is 5.07. The molecule has 0 fully saturated rings. The fourth-order valence-corrected chi connectivity index (χ4v) is 3.58. The van der Waals surface area contributed by atoms with Gasteiger partial charge in [0.25, 0.3) is 0 Å². The molecule has 1 heterocycles. The number of likely N-dealkylation sites (N-methyl/N-ethyl adjacent to an activating group) is 1. The first-order valence-electron chi connectivity index (χ1n) is 8.65. The summed E-state index contributed by atoms with van der Waals surface area (Å²) < 4.78 is 0. The summed E-state index contributed by atoms with van der Waals surface area (Å²) in [5.41, 5.74) is 3.64. The Bertz CT molecular complexity index is 919. The molecule has 6 nitrogen and oxygen atoms in total. The minimum absolute atomic E-state index is 0.00224. The Balaban J connectivity index is 1.55. The summed E-state index contributed by atoms with van der Waals surface area (Å²) in [6, 6.07) is 15.3. The minimum Gasteiger partial charge on any atom is -0.335 e. The monoisotopic (exact) mass is 382 g/mol. The van der Waals surface area contributed by atoms with E-state index in [4.69, 9.17) is 0 Å². The topological polar surface area (TPSA) is 78.1 Å². The van der Waals surface area contributed by atoms with E-state index in [0.717, 1.165) is 22.3 Å². The van der Waals surface area contributed by atoms with Gasteiger partial charge in [-0.25, -0.2) is 4.98 Å². The highest BCUT2D eigenvalue weighted by Gasteiger charge is 2.22. The van der Waals surface area contributed by atoms with Crippen molar-refractivity contribution in [1.82, 2.24) is 14.9 Å². The van der Waals surface area contributed by atoms with Crippen molar-refractivity contribution in [2.75, 3.05) is 18.9 Å². The van der Waals surface area contributed by atoms with Gasteiger partial charge in [0.05, 0.1) is 22.8 Å². The Labute approximate surface area is 162 Å². The minimum atomic E-state index is -0.359. The molecule has 0 aliphatic carbocycles. The van der Waals surface area contributed by atoms with E-state index in [2.05, 4.69) is 15.3 Å². The van der Waals surface area contributed by atoms with Gasteiger partial charge in [-0.05, 0) is 38.1 Å². The number of nitrogens with zero attached hydrogens (tertiary/aromatic N) is 2. The summed E-state index contributed by atoms with van der Waals surface area (Å²) in [4.78, 5) is 33.9. The number of imidazole rings is 1. The first-order valence-corrected chi connectivity index (χ1v) is 9.53. The molecule has 0 saturated carbocycles. The van der Waals surface area contributed by atoms with Crippen LogP contribution in [-0.2, 0) is 9.59 Å². The number of benzene rings is 2. The van der Waals surface area contributed by atoms with E-state index < -0.39 is 0 Å². The molecule has 3 rings (SSSR count). The Morgan fingerprint density at radius 3 is 2.59 bits per heavy atom. The van der Waals surface area contributed by atoms with Gasteiger partial charge >= 0.3 is 0 Å². The fraction of sp³-hybridized carbons (Fsp3) is 0.250. The molecule has 27 heavy (non-hydrogen) atoms. The number of carbonyl (C=O) groups excluding carboxylic acids is 2. The highest BCUT2D eigenvalue weighted by atomic mass is 32.2. The molecule has 2 amide bonds. The Kier molecular flexibility index (Phi) is 5.81. The van der Waals surface area contributed by atoms with E-state index in [1.165, 1.54) is 16.7 Å². The Morgan fingerprint density at radius 1 is 1.19 bits per heavy atom. The van der Waals surface area contributed by atoms with Gasteiger partial charge in [-0.2, -0.15) is 0 Å². The molecular formula is C20H22N4O2S. The molecule has 0 aliphatic heterocycles. The molecule has 0 radical (unpaired) electrons. The predicted molar refractivity (Wildman–Crippen MR) is 109 cm³/mol. The maximum atomic E-state index is 12.6. The number of amides is 2. The van der Waals surface area contributed by atoms with E-state index in [1.807, 2.05) is 62.4 Å². The Hall–Kier alpha value is -2.80. The van der Waals surface area contributed by atoms with Crippen LogP contribution in [-0.4, -0.2) is 45.5 Å². The number of hydrogen-bond donors (Lipinski definition) is 2. The summed E-state index contributed by atoms with van der Waals surface area (Å²) in [5, 5.41) is 3.13. The lowest BCUT2D eigenvalue weighted by molar-refractivity contribution is -0.132. The van der Waals surface area contributed by atoms with Crippen molar-refractivity contribution in [3.63, 3.8) is 0 Å². The number of aromatic nitrogens is 2. The summed E-state index contributed by atoms with van der Waals surface area (Å²) in [7, 11) is 1.63. The summed E-state index contributed by atoms with van der Waals surface area (Å²) in [5.74, 6) is -0.352. The van der Waals surface area contributed by atoms with E-state index in [1.54, 1.807) is 7.05 Å². The molecule has 140 valence electrons. The van der Waals surface area contributed by atoms with Gasteiger partial charge in [-0.15, -0.1) is 0 Å². The number of carbonyl (C=O) groups is 2. The maximum Gasteiger partial charge on any atom is 0.243 e. The number of hydrogen-bond acceptors (Lipinski definition) is 4. The summed E-state index contributed by atoms with van der Waals surface area (Å²) in [6.45, 7) is 3.80. The lowest BCUT2D eigenvalue weighted by atomic mass is 10.2. The standard InChI is InChI=1S/C20H22N4O2S/c1-13-8-10-15(11-9-13)21-18(25)12-24(3)19(26)14(2)27-20-22-16-6-4-5-7-17(16)23-20/h4-11,14H,12H2,1-3H3,(H,21,25)(H,22,23)/t14-/m1/s1. The molecule has 0 saturated heterocycles. The molecule has 1 atom stereocenters. The average molecular weight is 382 g/mol. The second kappa shape index (κ2) is 8.26. The van der Waals surface area contributed by atoms with Crippen molar-refractivity contribution < 1.29 is 9.59 Å². The smallest absolute Gasteiger partial charge is 0.243 e. The zero-order valence-electron chi connectivity index (χ0n) is 15.5. The van der Waals surface area contributed by atoms with Crippen LogP contribution in [0.25, 0.3) is 11.0 Å². The first-order chi connectivity index (χ1) is 12.9. The third kappa shape index (κ3) is 4.89. The van der Waals surface area contributed by atoms with Crippen molar-refractivity contribution in [3.8, 4) is 0 Å². The summed E-state index contributed by atoms with van der Waals surface area (Å²) in [6.07, 6.45) is 0. The second-order valence-electron chi connectivity index (χ2n) is 6.43. The zero-order chi connectivity index (χ0) is 19.4.